The van der Waals surface area contributed by atoms with Crippen LogP contribution >= 0.6 is 0 Å². The number of carbonyl (C=O) groups is 1. The fourth-order valence-corrected chi connectivity index (χ4v) is 2.52. The summed E-state index contributed by atoms with van der Waals surface area (Å²) in [5, 5.41) is 0. The lowest BCUT2D eigenvalue weighted by Gasteiger charge is -2.19. The first-order valence-electron chi connectivity index (χ1n) is 6.77. The van der Waals surface area contributed by atoms with Gasteiger partial charge in [-0.3, -0.25) is 4.79 Å². The van der Waals surface area contributed by atoms with Crippen LogP contribution in [-0.2, 0) is 17.9 Å². The number of rotatable bonds is 4. The second kappa shape index (κ2) is 5.70. The van der Waals surface area contributed by atoms with Crippen molar-refractivity contribution in [1.82, 2.24) is 4.90 Å². The van der Waals surface area contributed by atoms with Crippen LogP contribution in [0.5, 0.6) is 0 Å². The van der Waals surface area contributed by atoms with Gasteiger partial charge < -0.3 is 10.6 Å². The third-order valence-corrected chi connectivity index (χ3v) is 3.93. The number of benzene rings is 1. The van der Waals surface area contributed by atoms with Gasteiger partial charge in [0.1, 0.15) is 5.82 Å². The summed E-state index contributed by atoms with van der Waals surface area (Å²) in [5.74, 6) is 0.712. The number of hydrogen-bond donors (Lipinski definition) is 1. The van der Waals surface area contributed by atoms with E-state index in [1.807, 2.05) is 0 Å². The van der Waals surface area contributed by atoms with Gasteiger partial charge in [0.2, 0.25) is 5.91 Å². The van der Waals surface area contributed by atoms with Gasteiger partial charge in [-0.05, 0) is 11.8 Å². The van der Waals surface area contributed by atoms with Crippen molar-refractivity contribution >= 4 is 5.91 Å². The number of nitrogens with two attached hydrogens (primary N) is 1. The highest BCUT2D eigenvalue weighted by Gasteiger charge is 2.31. The molecule has 0 spiro atoms. The van der Waals surface area contributed by atoms with Crippen molar-refractivity contribution in [2.24, 2.45) is 17.6 Å². The molecule has 1 unspecified atom stereocenters. The molecular formula is C15H21FN2O. The molecule has 1 heterocycles. The molecular weight excluding hydrogens is 243 g/mol. The van der Waals surface area contributed by atoms with Crippen LogP contribution in [0.1, 0.15) is 31.4 Å². The molecule has 1 saturated heterocycles. The maximum atomic E-state index is 14.1. The van der Waals surface area contributed by atoms with Crippen molar-refractivity contribution in [3.63, 3.8) is 0 Å². The van der Waals surface area contributed by atoms with E-state index in [2.05, 4.69) is 13.8 Å². The summed E-state index contributed by atoms with van der Waals surface area (Å²) in [6.07, 6.45) is 0.579. The highest BCUT2D eigenvalue weighted by Crippen LogP contribution is 2.26. The molecule has 4 heteroatoms. The summed E-state index contributed by atoms with van der Waals surface area (Å²) in [6, 6.07) is 5.20. The first-order chi connectivity index (χ1) is 9.02. The zero-order valence-electron chi connectivity index (χ0n) is 11.5. The number of likely N-dealkylation sites (tertiary alicyclic amines) is 1. The fraction of sp³-hybridized carbons (Fsp3) is 0.533. The Labute approximate surface area is 113 Å². The van der Waals surface area contributed by atoms with E-state index >= 15 is 0 Å². The third kappa shape index (κ3) is 2.95. The molecule has 1 amide bonds. The molecule has 1 aliphatic heterocycles. The van der Waals surface area contributed by atoms with Crippen LogP contribution in [0.25, 0.3) is 0 Å². The molecule has 0 aromatic heterocycles. The molecule has 1 aromatic carbocycles. The second-order valence-electron chi connectivity index (χ2n) is 5.58. The van der Waals surface area contributed by atoms with Crippen molar-refractivity contribution in [1.29, 1.82) is 0 Å². The van der Waals surface area contributed by atoms with Crippen molar-refractivity contribution in [3.8, 4) is 0 Å². The van der Waals surface area contributed by atoms with Gasteiger partial charge in [-0.1, -0.05) is 32.0 Å². The van der Waals surface area contributed by atoms with Gasteiger partial charge in [0.25, 0.3) is 0 Å². The lowest BCUT2D eigenvalue weighted by Crippen LogP contribution is -2.26. The van der Waals surface area contributed by atoms with Crippen LogP contribution in [0, 0.1) is 17.7 Å². The van der Waals surface area contributed by atoms with Gasteiger partial charge in [0.05, 0.1) is 0 Å². The number of carbonyl (C=O) groups excluding carboxylic acids is 1. The molecule has 0 saturated carbocycles. The van der Waals surface area contributed by atoms with E-state index in [1.54, 1.807) is 23.1 Å². The Morgan fingerprint density at radius 2 is 2.11 bits per heavy atom. The predicted molar refractivity (Wildman–Crippen MR) is 72.7 cm³/mol. The molecule has 1 atom stereocenters. The zero-order valence-corrected chi connectivity index (χ0v) is 11.5. The Kier molecular flexibility index (Phi) is 4.20. The van der Waals surface area contributed by atoms with Gasteiger partial charge in [-0.25, -0.2) is 4.39 Å². The van der Waals surface area contributed by atoms with Crippen molar-refractivity contribution in [3.05, 3.63) is 35.1 Å². The zero-order chi connectivity index (χ0) is 14.0. The van der Waals surface area contributed by atoms with Gasteiger partial charge >= 0.3 is 0 Å². The van der Waals surface area contributed by atoms with E-state index in [1.165, 1.54) is 0 Å². The van der Waals surface area contributed by atoms with Gasteiger partial charge in [0.15, 0.2) is 0 Å². The lowest BCUT2D eigenvalue weighted by molar-refractivity contribution is -0.128. The summed E-state index contributed by atoms with van der Waals surface area (Å²) in [7, 11) is 0. The second-order valence-corrected chi connectivity index (χ2v) is 5.58. The SMILES string of the molecule is CC(C)C1CC(=O)N(Cc2cccc(CN)c2F)C1. The first-order valence-corrected chi connectivity index (χ1v) is 6.77. The normalized spacial score (nSPS) is 19.5. The van der Waals surface area contributed by atoms with E-state index in [9.17, 15) is 9.18 Å². The molecule has 104 valence electrons. The van der Waals surface area contributed by atoms with E-state index in [-0.39, 0.29) is 18.3 Å². The highest BCUT2D eigenvalue weighted by molar-refractivity contribution is 5.78. The van der Waals surface area contributed by atoms with Gasteiger partial charge in [0, 0.05) is 37.2 Å². The number of halogens is 1. The first kappa shape index (κ1) is 14.0. The molecule has 3 nitrogen and oxygen atoms in total. The minimum absolute atomic E-state index is 0.122. The van der Waals surface area contributed by atoms with E-state index in [0.717, 1.165) is 6.54 Å². The highest BCUT2D eigenvalue weighted by atomic mass is 19.1. The number of hydrogen-bond acceptors (Lipinski definition) is 2. The fourth-order valence-electron chi connectivity index (χ4n) is 2.52. The van der Waals surface area contributed by atoms with E-state index in [4.69, 9.17) is 5.73 Å². The summed E-state index contributed by atoms with van der Waals surface area (Å²) in [6.45, 7) is 5.50. The van der Waals surface area contributed by atoms with Crippen molar-refractivity contribution in [2.45, 2.75) is 33.4 Å². The Morgan fingerprint density at radius 1 is 1.42 bits per heavy atom. The molecule has 19 heavy (non-hydrogen) atoms. The Bertz CT molecular complexity index is 473. The largest absolute Gasteiger partial charge is 0.338 e. The average molecular weight is 264 g/mol. The maximum absolute atomic E-state index is 14.1. The predicted octanol–water partition coefficient (Wildman–Crippen LogP) is 2.29. The van der Waals surface area contributed by atoms with Crippen molar-refractivity contribution < 1.29 is 9.18 Å². The number of amides is 1. The molecule has 1 aliphatic rings. The minimum Gasteiger partial charge on any atom is -0.338 e. The van der Waals surface area contributed by atoms with Gasteiger partial charge in [-0.15, -0.1) is 0 Å². The lowest BCUT2D eigenvalue weighted by atomic mass is 9.95. The summed E-state index contributed by atoms with van der Waals surface area (Å²) >= 11 is 0. The van der Waals surface area contributed by atoms with Crippen LogP contribution in [0.4, 0.5) is 4.39 Å². The van der Waals surface area contributed by atoms with Crippen LogP contribution in [0.15, 0.2) is 18.2 Å². The topological polar surface area (TPSA) is 46.3 Å². The minimum atomic E-state index is -0.272. The van der Waals surface area contributed by atoms with Crippen LogP contribution in [0.3, 0.4) is 0 Å². The van der Waals surface area contributed by atoms with E-state index < -0.39 is 0 Å². The molecule has 2 N–H and O–H groups in total. The molecule has 0 bridgehead atoms. The van der Waals surface area contributed by atoms with Crippen LogP contribution in [0.2, 0.25) is 0 Å². The monoisotopic (exact) mass is 264 g/mol. The smallest absolute Gasteiger partial charge is 0.223 e. The van der Waals surface area contributed by atoms with Crippen LogP contribution < -0.4 is 5.73 Å². The molecule has 1 aromatic rings. The maximum Gasteiger partial charge on any atom is 0.223 e. The number of nitrogens with zero attached hydrogens (tertiary/aromatic N) is 1. The summed E-state index contributed by atoms with van der Waals surface area (Å²) in [4.78, 5) is 13.7. The van der Waals surface area contributed by atoms with Crippen molar-refractivity contribution in [2.75, 3.05) is 6.54 Å². The molecule has 0 radical (unpaired) electrons. The molecule has 1 fully saturated rings. The van der Waals surface area contributed by atoms with E-state index in [0.29, 0.717) is 35.9 Å². The Morgan fingerprint density at radius 3 is 2.68 bits per heavy atom. The quantitative estimate of drug-likeness (QED) is 0.907. The molecule has 0 aliphatic carbocycles. The molecule has 2 rings (SSSR count). The standard InChI is InChI=1S/C15H21FN2O/c1-10(2)13-6-14(19)18(9-13)8-12-5-3-4-11(7-17)15(12)16/h3-5,10,13H,6-9,17H2,1-2H3. The third-order valence-electron chi connectivity index (χ3n) is 3.93. The summed E-state index contributed by atoms with van der Waals surface area (Å²) < 4.78 is 14.1. The summed E-state index contributed by atoms with van der Waals surface area (Å²) in [5.41, 5.74) is 6.56. The Hall–Kier alpha value is -1.42. The Balaban J connectivity index is 2.12. The average Bonchev–Trinajstić information content (AvgIpc) is 2.74. The van der Waals surface area contributed by atoms with Gasteiger partial charge in [-0.2, -0.15) is 0 Å². The van der Waals surface area contributed by atoms with Crippen LogP contribution in [-0.4, -0.2) is 17.4 Å².